The van der Waals surface area contributed by atoms with E-state index in [1.54, 1.807) is 12.5 Å². The summed E-state index contributed by atoms with van der Waals surface area (Å²) in [6, 6.07) is 3.75. The molecule has 1 atom stereocenters. The van der Waals surface area contributed by atoms with Crippen molar-refractivity contribution in [2.24, 2.45) is 0 Å². The molecule has 112 valence electrons. The lowest BCUT2D eigenvalue weighted by atomic mass is 10.2. The fourth-order valence-corrected chi connectivity index (χ4v) is 2.24. The number of aromatic nitrogens is 4. The molecule has 0 saturated carbocycles. The Morgan fingerprint density at radius 2 is 2.14 bits per heavy atom. The van der Waals surface area contributed by atoms with Crippen molar-refractivity contribution < 1.29 is 10.2 Å². The van der Waals surface area contributed by atoms with Crippen LogP contribution < -0.4 is 5.73 Å². The predicted octanol–water partition coefficient (Wildman–Crippen LogP) is 0.727. The molecule has 8 heteroatoms. The van der Waals surface area contributed by atoms with E-state index in [2.05, 4.69) is 15.0 Å². The summed E-state index contributed by atoms with van der Waals surface area (Å²) in [5.74, 6) is 0.340. The molecule has 0 radical (unpaired) electrons. The van der Waals surface area contributed by atoms with E-state index in [1.807, 2.05) is 16.7 Å². The van der Waals surface area contributed by atoms with Gasteiger partial charge in [-0.15, -0.1) is 12.4 Å². The highest BCUT2D eigenvalue weighted by Crippen LogP contribution is 2.26. The molecular formula is C13H16ClN5O2. The Balaban J connectivity index is 0.00000161. The minimum Gasteiger partial charge on any atom is -0.394 e. The van der Waals surface area contributed by atoms with Crippen molar-refractivity contribution in [3.05, 3.63) is 24.7 Å². The van der Waals surface area contributed by atoms with Gasteiger partial charge in [-0.1, -0.05) is 0 Å². The first-order chi connectivity index (χ1) is 9.70. The predicted molar refractivity (Wildman–Crippen MR) is 82.2 cm³/mol. The molecule has 0 bridgehead atoms. The molecule has 0 aliphatic rings. The molecule has 0 amide bonds. The van der Waals surface area contributed by atoms with Gasteiger partial charge in [0.25, 0.3) is 0 Å². The highest BCUT2D eigenvalue weighted by atomic mass is 35.5. The van der Waals surface area contributed by atoms with Crippen LogP contribution in [0.3, 0.4) is 0 Å². The zero-order chi connectivity index (χ0) is 14.1. The van der Waals surface area contributed by atoms with Crippen LogP contribution in [0.2, 0.25) is 0 Å². The van der Waals surface area contributed by atoms with E-state index in [0.29, 0.717) is 29.9 Å². The summed E-state index contributed by atoms with van der Waals surface area (Å²) >= 11 is 0. The van der Waals surface area contributed by atoms with E-state index in [9.17, 15) is 5.11 Å². The Morgan fingerprint density at radius 1 is 1.33 bits per heavy atom. The number of nitrogen functional groups attached to an aromatic ring is 1. The van der Waals surface area contributed by atoms with Gasteiger partial charge < -0.3 is 20.5 Å². The van der Waals surface area contributed by atoms with Crippen LogP contribution in [0, 0.1) is 0 Å². The van der Waals surface area contributed by atoms with Gasteiger partial charge in [-0.3, -0.25) is 0 Å². The number of pyridine rings is 2. The van der Waals surface area contributed by atoms with Gasteiger partial charge in [0.1, 0.15) is 5.52 Å². The monoisotopic (exact) mass is 309 g/mol. The summed E-state index contributed by atoms with van der Waals surface area (Å²) in [6.45, 7) is 0.282. The first kappa shape index (κ1) is 15.4. The van der Waals surface area contributed by atoms with Gasteiger partial charge in [0.2, 0.25) is 0 Å². The third-order valence-electron chi connectivity index (χ3n) is 3.26. The molecule has 3 rings (SSSR count). The Hall–Kier alpha value is -1.96. The highest BCUT2D eigenvalue weighted by Gasteiger charge is 2.13. The molecule has 0 saturated heterocycles. The molecule has 0 spiro atoms. The number of imidazole rings is 1. The van der Waals surface area contributed by atoms with Crippen LogP contribution in [-0.2, 0) is 6.54 Å². The number of nitrogens with two attached hydrogens (primary N) is 1. The van der Waals surface area contributed by atoms with Gasteiger partial charge in [0.15, 0.2) is 11.5 Å². The second-order valence-electron chi connectivity index (χ2n) is 4.63. The number of halogens is 1. The van der Waals surface area contributed by atoms with Gasteiger partial charge in [0.05, 0.1) is 24.6 Å². The van der Waals surface area contributed by atoms with Crippen LogP contribution in [0.15, 0.2) is 24.7 Å². The molecule has 7 nitrogen and oxygen atoms in total. The van der Waals surface area contributed by atoms with E-state index in [1.165, 1.54) is 0 Å². The highest BCUT2D eigenvalue weighted by molar-refractivity contribution is 6.04. The van der Waals surface area contributed by atoms with Crippen molar-refractivity contribution >= 4 is 40.3 Å². The van der Waals surface area contributed by atoms with Crippen molar-refractivity contribution in [3.8, 4) is 0 Å². The van der Waals surface area contributed by atoms with E-state index in [-0.39, 0.29) is 19.0 Å². The van der Waals surface area contributed by atoms with Crippen molar-refractivity contribution in [2.45, 2.75) is 19.1 Å². The van der Waals surface area contributed by atoms with Crippen LogP contribution in [0.25, 0.3) is 22.1 Å². The molecular weight excluding hydrogens is 294 g/mol. The molecule has 21 heavy (non-hydrogen) atoms. The van der Waals surface area contributed by atoms with E-state index >= 15 is 0 Å². The Morgan fingerprint density at radius 3 is 2.90 bits per heavy atom. The standard InChI is InChI=1S/C13H15N5O2.ClH/c14-12-10-11(9-2-1-4-15-13(9)17-12)18(7-16-10)5-3-8(20)6-19;/h1-2,4,7-8,19-20H,3,5-6H2,(H2,14,15,17);1H. The summed E-state index contributed by atoms with van der Waals surface area (Å²) in [5.41, 5.74) is 7.95. The average Bonchev–Trinajstić information content (AvgIpc) is 2.90. The zero-order valence-electron chi connectivity index (χ0n) is 11.2. The number of rotatable bonds is 4. The Labute approximate surface area is 126 Å². The summed E-state index contributed by atoms with van der Waals surface area (Å²) in [5, 5.41) is 19.2. The maximum Gasteiger partial charge on any atom is 0.163 e. The molecule has 0 aromatic carbocycles. The Bertz CT molecular complexity index is 761. The van der Waals surface area contributed by atoms with Crippen LogP contribution in [0.4, 0.5) is 5.82 Å². The average molecular weight is 310 g/mol. The number of fused-ring (bicyclic) bond motifs is 3. The summed E-state index contributed by atoms with van der Waals surface area (Å²) in [6.07, 6.45) is 3.03. The van der Waals surface area contributed by atoms with Gasteiger partial charge >= 0.3 is 0 Å². The van der Waals surface area contributed by atoms with Crippen LogP contribution in [0.5, 0.6) is 0 Å². The number of aliphatic hydroxyl groups is 2. The number of anilines is 1. The third-order valence-corrected chi connectivity index (χ3v) is 3.26. The number of aryl methyl sites for hydroxylation is 1. The molecule has 0 aliphatic heterocycles. The number of nitrogens with zero attached hydrogens (tertiary/aromatic N) is 4. The maximum absolute atomic E-state index is 9.46. The van der Waals surface area contributed by atoms with E-state index in [4.69, 9.17) is 10.8 Å². The minimum atomic E-state index is -0.740. The van der Waals surface area contributed by atoms with Crippen molar-refractivity contribution in [3.63, 3.8) is 0 Å². The van der Waals surface area contributed by atoms with Crippen molar-refractivity contribution in [2.75, 3.05) is 12.3 Å². The van der Waals surface area contributed by atoms with Crippen LogP contribution >= 0.6 is 12.4 Å². The van der Waals surface area contributed by atoms with E-state index < -0.39 is 6.10 Å². The van der Waals surface area contributed by atoms with Gasteiger partial charge in [-0.25, -0.2) is 15.0 Å². The lowest BCUT2D eigenvalue weighted by molar-refractivity contribution is 0.0849. The smallest absolute Gasteiger partial charge is 0.163 e. The molecule has 4 N–H and O–H groups in total. The second kappa shape index (κ2) is 6.21. The zero-order valence-corrected chi connectivity index (χ0v) is 12.0. The van der Waals surface area contributed by atoms with Gasteiger partial charge in [0, 0.05) is 18.1 Å². The fourth-order valence-electron chi connectivity index (χ4n) is 2.24. The first-order valence-corrected chi connectivity index (χ1v) is 6.34. The summed E-state index contributed by atoms with van der Waals surface area (Å²) < 4.78 is 1.90. The maximum atomic E-state index is 9.46. The minimum absolute atomic E-state index is 0. The van der Waals surface area contributed by atoms with Gasteiger partial charge in [-0.05, 0) is 18.6 Å². The summed E-state index contributed by atoms with van der Waals surface area (Å²) in [4.78, 5) is 12.7. The second-order valence-corrected chi connectivity index (χ2v) is 4.63. The SMILES string of the molecule is Cl.Nc1nc2ncccc2c2c1ncn2CCC(O)CO. The first-order valence-electron chi connectivity index (χ1n) is 6.34. The Kier molecular flexibility index (Phi) is 4.56. The molecule has 0 fully saturated rings. The normalized spacial score (nSPS) is 12.5. The molecule has 3 aromatic heterocycles. The molecule has 3 heterocycles. The largest absolute Gasteiger partial charge is 0.394 e. The topological polar surface area (TPSA) is 110 Å². The number of hydrogen-bond donors (Lipinski definition) is 3. The lowest BCUT2D eigenvalue weighted by Gasteiger charge is -2.09. The van der Waals surface area contributed by atoms with Crippen molar-refractivity contribution in [1.82, 2.24) is 19.5 Å². The number of hydrogen-bond acceptors (Lipinski definition) is 6. The van der Waals surface area contributed by atoms with Crippen LogP contribution in [-0.4, -0.2) is 42.4 Å². The lowest BCUT2D eigenvalue weighted by Crippen LogP contribution is -2.14. The third kappa shape index (κ3) is 2.76. The summed E-state index contributed by atoms with van der Waals surface area (Å²) in [7, 11) is 0. The molecule has 1 unspecified atom stereocenters. The van der Waals surface area contributed by atoms with Crippen LogP contribution in [0.1, 0.15) is 6.42 Å². The number of aliphatic hydroxyl groups excluding tert-OH is 2. The van der Waals surface area contributed by atoms with Crippen molar-refractivity contribution in [1.29, 1.82) is 0 Å². The molecule has 0 aliphatic carbocycles. The fraction of sp³-hybridized carbons (Fsp3) is 0.308. The molecule has 3 aromatic rings. The quantitative estimate of drug-likeness (QED) is 0.655. The van der Waals surface area contributed by atoms with E-state index in [0.717, 1.165) is 10.9 Å². The van der Waals surface area contributed by atoms with Gasteiger partial charge in [-0.2, -0.15) is 0 Å².